The zero-order chi connectivity index (χ0) is 29.0. The van der Waals surface area contributed by atoms with Crippen LogP contribution in [0.1, 0.15) is 0 Å². The lowest BCUT2D eigenvalue weighted by Crippen LogP contribution is -1.92. The minimum Gasteiger partial charge on any atom is -0.0616 e. The van der Waals surface area contributed by atoms with Gasteiger partial charge in [0.25, 0.3) is 0 Å². The molecule has 0 aliphatic carbocycles. The average molecular weight is 557 g/mol. The van der Waals surface area contributed by atoms with E-state index in [4.69, 9.17) is 0 Å². The van der Waals surface area contributed by atoms with Gasteiger partial charge < -0.3 is 0 Å². The highest BCUT2D eigenvalue weighted by Gasteiger charge is 2.18. The van der Waals surface area contributed by atoms with Crippen LogP contribution in [0.4, 0.5) is 0 Å². The Morgan fingerprint density at radius 1 is 0.227 bits per heavy atom. The summed E-state index contributed by atoms with van der Waals surface area (Å²) >= 11 is 0. The molecule has 0 aromatic heterocycles. The summed E-state index contributed by atoms with van der Waals surface area (Å²) in [5, 5.41) is 12.8. The van der Waals surface area contributed by atoms with Crippen molar-refractivity contribution in [3.8, 4) is 33.4 Å². The number of benzene rings is 9. The molecule has 0 nitrogen and oxygen atoms in total. The smallest absolute Gasteiger partial charge is 0.00201 e. The van der Waals surface area contributed by atoms with Gasteiger partial charge in [-0.1, -0.05) is 164 Å². The van der Waals surface area contributed by atoms with E-state index in [9.17, 15) is 0 Å². The Kier molecular flexibility index (Phi) is 5.61. The molecule has 0 heterocycles. The minimum absolute atomic E-state index is 1.23. The van der Waals surface area contributed by atoms with E-state index >= 15 is 0 Å². The van der Waals surface area contributed by atoms with E-state index in [1.807, 2.05) is 0 Å². The highest BCUT2D eigenvalue weighted by molar-refractivity contribution is 6.25. The van der Waals surface area contributed by atoms with Crippen molar-refractivity contribution in [2.24, 2.45) is 0 Å². The average Bonchev–Trinajstić information content (AvgIpc) is 3.10. The first-order valence-corrected chi connectivity index (χ1v) is 15.3. The molecule has 0 amide bonds. The standard InChI is InChI=1S/C44H28/c1-3-17-33-29(12-1)14-10-23-35(33)31-15-9-16-32(28-31)43-39-19-5-7-21-41(39)44(42-22-8-6-20-40(42)43)38-25-11-24-36-34-18-4-2-13-30(34)26-27-37(36)38/h1-28H. The number of rotatable bonds is 3. The molecule has 0 aliphatic rings. The molecule has 0 fully saturated rings. The van der Waals surface area contributed by atoms with Gasteiger partial charge >= 0.3 is 0 Å². The second-order valence-corrected chi connectivity index (χ2v) is 11.6. The highest BCUT2D eigenvalue weighted by atomic mass is 14.2. The summed E-state index contributed by atoms with van der Waals surface area (Å²) in [4.78, 5) is 0. The summed E-state index contributed by atoms with van der Waals surface area (Å²) in [6.45, 7) is 0. The van der Waals surface area contributed by atoms with Crippen LogP contribution in [0.5, 0.6) is 0 Å². The van der Waals surface area contributed by atoms with Gasteiger partial charge in [0.2, 0.25) is 0 Å². The summed E-state index contributed by atoms with van der Waals surface area (Å²) < 4.78 is 0. The van der Waals surface area contributed by atoms with Crippen molar-refractivity contribution in [3.63, 3.8) is 0 Å². The molecular weight excluding hydrogens is 528 g/mol. The fourth-order valence-corrected chi connectivity index (χ4v) is 7.31. The lowest BCUT2D eigenvalue weighted by atomic mass is 9.84. The Hall–Kier alpha value is -5.72. The molecule has 0 unspecified atom stereocenters. The van der Waals surface area contributed by atoms with Gasteiger partial charge in [-0.2, -0.15) is 0 Å². The molecule has 0 radical (unpaired) electrons. The first kappa shape index (κ1) is 24.8. The van der Waals surface area contributed by atoms with E-state index in [0.29, 0.717) is 0 Å². The third-order valence-electron chi connectivity index (χ3n) is 9.24. The van der Waals surface area contributed by atoms with Gasteiger partial charge in [0.15, 0.2) is 0 Å². The fourth-order valence-electron chi connectivity index (χ4n) is 7.31. The molecule has 9 aromatic rings. The Balaban J connectivity index is 1.35. The van der Waals surface area contributed by atoms with Crippen LogP contribution < -0.4 is 0 Å². The molecular formula is C44H28. The lowest BCUT2D eigenvalue weighted by molar-refractivity contribution is 1.63. The van der Waals surface area contributed by atoms with E-state index in [1.54, 1.807) is 0 Å². The maximum atomic E-state index is 2.37. The van der Waals surface area contributed by atoms with Crippen molar-refractivity contribution in [1.82, 2.24) is 0 Å². The summed E-state index contributed by atoms with van der Waals surface area (Å²) in [7, 11) is 0. The predicted octanol–water partition coefficient (Wildman–Crippen LogP) is 12.5. The molecule has 0 N–H and O–H groups in total. The summed E-state index contributed by atoms with van der Waals surface area (Å²) in [6, 6.07) is 62.3. The van der Waals surface area contributed by atoms with E-state index in [1.165, 1.54) is 87.2 Å². The Morgan fingerprint density at radius 2 is 0.705 bits per heavy atom. The van der Waals surface area contributed by atoms with Crippen LogP contribution in [-0.4, -0.2) is 0 Å². The van der Waals surface area contributed by atoms with Crippen molar-refractivity contribution in [1.29, 1.82) is 0 Å². The maximum absolute atomic E-state index is 2.37. The SMILES string of the molecule is c1cc(-c2cccc3ccccc23)cc(-c2c3ccccc3c(-c3cccc4c3ccc3ccccc34)c3ccccc23)c1. The van der Waals surface area contributed by atoms with Gasteiger partial charge in [0, 0.05) is 0 Å². The fraction of sp³-hybridized carbons (Fsp3) is 0. The van der Waals surface area contributed by atoms with Gasteiger partial charge in [0.05, 0.1) is 0 Å². The first-order valence-electron chi connectivity index (χ1n) is 15.3. The van der Waals surface area contributed by atoms with Crippen LogP contribution in [0, 0.1) is 0 Å². The van der Waals surface area contributed by atoms with Crippen molar-refractivity contribution >= 4 is 53.9 Å². The summed E-state index contributed by atoms with van der Waals surface area (Å²) in [6.07, 6.45) is 0. The molecule has 0 saturated carbocycles. The predicted molar refractivity (Wildman–Crippen MR) is 190 cm³/mol. The van der Waals surface area contributed by atoms with Crippen LogP contribution in [0.25, 0.3) is 87.2 Å². The minimum atomic E-state index is 1.23. The van der Waals surface area contributed by atoms with Crippen LogP contribution in [0.3, 0.4) is 0 Å². The monoisotopic (exact) mass is 556 g/mol. The van der Waals surface area contributed by atoms with E-state index in [-0.39, 0.29) is 0 Å². The van der Waals surface area contributed by atoms with Gasteiger partial charge in [-0.25, -0.2) is 0 Å². The van der Waals surface area contributed by atoms with Crippen molar-refractivity contribution in [2.45, 2.75) is 0 Å². The lowest BCUT2D eigenvalue weighted by Gasteiger charge is -2.19. The van der Waals surface area contributed by atoms with Gasteiger partial charge in [-0.3, -0.25) is 0 Å². The topological polar surface area (TPSA) is 0 Å². The van der Waals surface area contributed by atoms with E-state index in [2.05, 4.69) is 170 Å². The van der Waals surface area contributed by atoms with E-state index in [0.717, 1.165) is 0 Å². The molecule has 0 bridgehead atoms. The second kappa shape index (κ2) is 9.93. The summed E-state index contributed by atoms with van der Waals surface area (Å²) in [5.41, 5.74) is 7.59. The van der Waals surface area contributed by atoms with Crippen molar-refractivity contribution in [2.75, 3.05) is 0 Å². The Bertz CT molecular complexity index is 2490. The Morgan fingerprint density at radius 3 is 1.43 bits per heavy atom. The molecule has 0 heteroatoms. The number of hydrogen-bond donors (Lipinski definition) is 0. The van der Waals surface area contributed by atoms with Crippen LogP contribution in [0.2, 0.25) is 0 Å². The maximum Gasteiger partial charge on any atom is -0.00201 e. The largest absolute Gasteiger partial charge is 0.0616 e. The number of fused-ring (bicyclic) bond motifs is 6. The molecule has 0 spiro atoms. The third-order valence-corrected chi connectivity index (χ3v) is 9.24. The highest BCUT2D eigenvalue weighted by Crippen LogP contribution is 2.46. The van der Waals surface area contributed by atoms with Crippen molar-refractivity contribution in [3.05, 3.63) is 170 Å². The van der Waals surface area contributed by atoms with Gasteiger partial charge in [0.1, 0.15) is 0 Å². The molecule has 0 atom stereocenters. The molecule has 204 valence electrons. The molecule has 0 saturated heterocycles. The van der Waals surface area contributed by atoms with Crippen LogP contribution >= 0.6 is 0 Å². The van der Waals surface area contributed by atoms with Crippen molar-refractivity contribution < 1.29 is 0 Å². The normalized spacial score (nSPS) is 11.6. The summed E-state index contributed by atoms with van der Waals surface area (Å²) in [5.74, 6) is 0. The molecule has 0 aliphatic heterocycles. The zero-order valence-corrected chi connectivity index (χ0v) is 24.2. The molecule has 9 rings (SSSR count). The van der Waals surface area contributed by atoms with Crippen LogP contribution in [-0.2, 0) is 0 Å². The van der Waals surface area contributed by atoms with Gasteiger partial charge in [-0.15, -0.1) is 0 Å². The second-order valence-electron chi connectivity index (χ2n) is 11.6. The van der Waals surface area contributed by atoms with E-state index < -0.39 is 0 Å². The molecule has 9 aromatic carbocycles. The first-order chi connectivity index (χ1) is 21.8. The quantitative estimate of drug-likeness (QED) is 0.150. The Labute approximate surface area is 256 Å². The van der Waals surface area contributed by atoms with Crippen LogP contribution in [0.15, 0.2) is 170 Å². The molecule has 44 heavy (non-hydrogen) atoms. The number of hydrogen-bond acceptors (Lipinski definition) is 0. The van der Waals surface area contributed by atoms with Gasteiger partial charge in [-0.05, 0) is 93.3 Å². The zero-order valence-electron chi connectivity index (χ0n) is 24.2. The third kappa shape index (κ3) is 3.78.